The van der Waals surface area contributed by atoms with E-state index in [1.54, 1.807) is 0 Å². The molecule has 0 bridgehead atoms. The summed E-state index contributed by atoms with van der Waals surface area (Å²) in [6.45, 7) is 4.14. The number of benzene rings is 1. The highest BCUT2D eigenvalue weighted by atomic mass is 32.2. The number of rotatable bonds is 6. The first kappa shape index (κ1) is 15.1. The zero-order valence-electron chi connectivity index (χ0n) is 11.2. The largest absolute Gasteiger partial charge is 0.271 e. The molecule has 1 rings (SSSR count). The van der Waals surface area contributed by atoms with Gasteiger partial charge in [0.25, 0.3) is 0 Å². The molecule has 3 N–H and O–H groups in total. The summed E-state index contributed by atoms with van der Waals surface area (Å²) < 4.78 is 22.3. The first-order chi connectivity index (χ1) is 8.31. The molecule has 1 unspecified atom stereocenters. The second-order valence-corrected chi connectivity index (χ2v) is 7.16. The Bertz CT molecular complexity index is 498. The van der Waals surface area contributed by atoms with E-state index in [1.165, 1.54) is 22.9 Å². The summed E-state index contributed by atoms with van der Waals surface area (Å²) in [5, 5.41) is 0. The van der Waals surface area contributed by atoms with Crippen LogP contribution in [0.15, 0.2) is 18.2 Å². The van der Waals surface area contributed by atoms with Gasteiger partial charge in [-0.2, -0.15) is 0 Å². The molecule has 1 aromatic rings. The summed E-state index contributed by atoms with van der Waals surface area (Å²) in [5.41, 5.74) is 6.37. The van der Waals surface area contributed by atoms with Gasteiger partial charge in [0.15, 0.2) is 0 Å². The zero-order valence-corrected chi connectivity index (χ0v) is 12.0. The van der Waals surface area contributed by atoms with Crippen molar-refractivity contribution in [1.82, 2.24) is 5.43 Å². The van der Waals surface area contributed by atoms with Gasteiger partial charge >= 0.3 is 0 Å². The molecule has 102 valence electrons. The van der Waals surface area contributed by atoms with Gasteiger partial charge in [-0.25, -0.2) is 8.42 Å². The Kier molecular flexibility index (Phi) is 5.31. The van der Waals surface area contributed by atoms with Gasteiger partial charge in [-0.3, -0.25) is 11.3 Å². The predicted octanol–water partition coefficient (Wildman–Crippen LogP) is 1.11. The molecular weight excluding hydrogens is 248 g/mol. The van der Waals surface area contributed by atoms with Crippen molar-refractivity contribution < 1.29 is 8.42 Å². The fourth-order valence-electron chi connectivity index (χ4n) is 1.82. The van der Waals surface area contributed by atoms with Crippen LogP contribution >= 0.6 is 0 Å². The van der Waals surface area contributed by atoms with Gasteiger partial charge < -0.3 is 0 Å². The molecule has 0 aliphatic rings. The van der Waals surface area contributed by atoms with E-state index in [9.17, 15) is 8.42 Å². The standard InChI is InChI=1S/C13H22N2O2S/c1-10-4-5-12(8-11(10)2)9-13(15-14)6-7-18(3,16)17/h4-5,8,13,15H,6-7,9,14H2,1-3H3. The number of hydrogen-bond donors (Lipinski definition) is 2. The van der Waals surface area contributed by atoms with Crippen LogP contribution in [0, 0.1) is 13.8 Å². The third-order valence-corrected chi connectivity index (χ3v) is 4.10. The van der Waals surface area contributed by atoms with E-state index in [4.69, 9.17) is 5.84 Å². The first-order valence-corrected chi connectivity index (χ1v) is 8.08. The van der Waals surface area contributed by atoms with E-state index in [0.717, 1.165) is 6.42 Å². The van der Waals surface area contributed by atoms with Crippen LogP contribution in [0.2, 0.25) is 0 Å². The van der Waals surface area contributed by atoms with E-state index in [1.807, 2.05) is 0 Å². The molecule has 0 spiro atoms. The Morgan fingerprint density at radius 1 is 1.28 bits per heavy atom. The van der Waals surface area contributed by atoms with Crippen molar-refractivity contribution in [2.45, 2.75) is 32.7 Å². The molecule has 5 heteroatoms. The maximum atomic E-state index is 11.1. The minimum Gasteiger partial charge on any atom is -0.271 e. The summed E-state index contributed by atoms with van der Waals surface area (Å²) >= 11 is 0. The lowest BCUT2D eigenvalue weighted by atomic mass is 10.00. The second kappa shape index (κ2) is 6.31. The van der Waals surface area contributed by atoms with E-state index in [-0.39, 0.29) is 11.8 Å². The highest BCUT2D eigenvalue weighted by molar-refractivity contribution is 7.90. The molecule has 18 heavy (non-hydrogen) atoms. The quantitative estimate of drug-likeness (QED) is 0.600. The summed E-state index contributed by atoms with van der Waals surface area (Å²) in [6, 6.07) is 6.25. The van der Waals surface area contributed by atoms with Crippen LogP contribution in [-0.4, -0.2) is 26.5 Å². The minimum atomic E-state index is -2.93. The highest BCUT2D eigenvalue weighted by Crippen LogP contribution is 2.12. The molecule has 0 aromatic heterocycles. The van der Waals surface area contributed by atoms with Crippen LogP contribution in [-0.2, 0) is 16.3 Å². The second-order valence-electron chi connectivity index (χ2n) is 4.90. The van der Waals surface area contributed by atoms with Crippen LogP contribution in [0.25, 0.3) is 0 Å². The predicted molar refractivity (Wildman–Crippen MR) is 75.1 cm³/mol. The van der Waals surface area contributed by atoms with Gasteiger partial charge in [0.1, 0.15) is 9.84 Å². The molecule has 0 aliphatic heterocycles. The Balaban J connectivity index is 2.65. The monoisotopic (exact) mass is 270 g/mol. The van der Waals surface area contributed by atoms with Crippen LogP contribution in [0.1, 0.15) is 23.1 Å². The fourth-order valence-corrected chi connectivity index (χ4v) is 2.53. The van der Waals surface area contributed by atoms with Crippen molar-refractivity contribution in [3.8, 4) is 0 Å². The maximum Gasteiger partial charge on any atom is 0.147 e. The number of sulfone groups is 1. The Morgan fingerprint density at radius 2 is 1.94 bits per heavy atom. The van der Waals surface area contributed by atoms with Crippen molar-refractivity contribution in [2.75, 3.05) is 12.0 Å². The summed E-state index contributed by atoms with van der Waals surface area (Å²) in [7, 11) is -2.93. The Labute approximate surface area is 109 Å². The third kappa shape index (κ3) is 5.16. The molecule has 0 heterocycles. The van der Waals surface area contributed by atoms with Crippen molar-refractivity contribution in [3.05, 3.63) is 34.9 Å². The smallest absolute Gasteiger partial charge is 0.147 e. The zero-order chi connectivity index (χ0) is 13.8. The average molecular weight is 270 g/mol. The number of nitrogens with one attached hydrogen (secondary N) is 1. The molecule has 0 saturated heterocycles. The van der Waals surface area contributed by atoms with Gasteiger partial charge in [-0.05, 0) is 43.4 Å². The number of nitrogens with two attached hydrogens (primary N) is 1. The average Bonchev–Trinajstić information content (AvgIpc) is 2.28. The fraction of sp³-hybridized carbons (Fsp3) is 0.538. The minimum absolute atomic E-state index is 0.0122. The van der Waals surface area contributed by atoms with Crippen LogP contribution in [0.3, 0.4) is 0 Å². The van der Waals surface area contributed by atoms with E-state index in [0.29, 0.717) is 6.42 Å². The molecule has 1 atom stereocenters. The molecule has 0 fully saturated rings. The van der Waals surface area contributed by atoms with Crippen molar-refractivity contribution in [2.24, 2.45) is 5.84 Å². The lowest BCUT2D eigenvalue weighted by Crippen LogP contribution is -2.38. The topological polar surface area (TPSA) is 72.2 Å². The lowest BCUT2D eigenvalue weighted by Gasteiger charge is -2.16. The Morgan fingerprint density at radius 3 is 2.44 bits per heavy atom. The van der Waals surface area contributed by atoms with Gasteiger partial charge in [-0.15, -0.1) is 0 Å². The maximum absolute atomic E-state index is 11.1. The van der Waals surface area contributed by atoms with Gasteiger partial charge in [-0.1, -0.05) is 18.2 Å². The molecular formula is C13H22N2O2S. The van der Waals surface area contributed by atoms with Gasteiger partial charge in [0.05, 0.1) is 5.75 Å². The molecule has 4 nitrogen and oxygen atoms in total. The number of hydrazine groups is 1. The summed E-state index contributed by atoms with van der Waals surface area (Å²) in [5.74, 6) is 5.63. The first-order valence-electron chi connectivity index (χ1n) is 6.02. The molecule has 0 amide bonds. The third-order valence-electron chi connectivity index (χ3n) is 3.13. The normalized spacial score (nSPS) is 13.6. The summed E-state index contributed by atoms with van der Waals surface area (Å²) in [6.07, 6.45) is 2.52. The van der Waals surface area contributed by atoms with Crippen molar-refractivity contribution >= 4 is 9.84 Å². The number of hydrogen-bond acceptors (Lipinski definition) is 4. The number of aryl methyl sites for hydroxylation is 2. The van der Waals surface area contributed by atoms with E-state index in [2.05, 4.69) is 37.5 Å². The van der Waals surface area contributed by atoms with Gasteiger partial charge in [0, 0.05) is 12.3 Å². The summed E-state index contributed by atoms with van der Waals surface area (Å²) in [4.78, 5) is 0. The highest BCUT2D eigenvalue weighted by Gasteiger charge is 2.12. The van der Waals surface area contributed by atoms with E-state index >= 15 is 0 Å². The molecule has 0 saturated carbocycles. The van der Waals surface area contributed by atoms with Crippen molar-refractivity contribution in [1.29, 1.82) is 0 Å². The molecule has 0 aliphatic carbocycles. The molecule has 0 radical (unpaired) electrons. The Hall–Kier alpha value is -0.910. The van der Waals surface area contributed by atoms with Crippen LogP contribution < -0.4 is 11.3 Å². The lowest BCUT2D eigenvalue weighted by molar-refractivity contribution is 0.506. The van der Waals surface area contributed by atoms with Crippen molar-refractivity contribution in [3.63, 3.8) is 0 Å². The molecule has 1 aromatic carbocycles. The van der Waals surface area contributed by atoms with Gasteiger partial charge in [0.2, 0.25) is 0 Å². The van der Waals surface area contributed by atoms with Crippen LogP contribution in [0.5, 0.6) is 0 Å². The SMILES string of the molecule is Cc1ccc(CC(CCS(C)(=O)=O)NN)cc1C. The van der Waals surface area contributed by atoms with E-state index < -0.39 is 9.84 Å². The van der Waals surface area contributed by atoms with Crippen LogP contribution in [0.4, 0.5) is 0 Å².